The summed E-state index contributed by atoms with van der Waals surface area (Å²) in [7, 11) is 3.16. The SMILES string of the molecule is COc1ccc(NC(N)=NCC2(O)CCC2)cc1OC. The number of aliphatic imine (C=N–C) groups is 1. The molecule has 0 aliphatic heterocycles. The first kappa shape index (κ1) is 14.5. The Morgan fingerprint density at radius 2 is 2.05 bits per heavy atom. The molecule has 6 heteroatoms. The molecule has 0 amide bonds. The second kappa shape index (κ2) is 6.00. The van der Waals surface area contributed by atoms with Gasteiger partial charge in [-0.05, 0) is 31.4 Å². The summed E-state index contributed by atoms with van der Waals surface area (Å²) in [6, 6.07) is 5.38. The number of rotatable bonds is 5. The molecule has 1 aliphatic rings. The van der Waals surface area contributed by atoms with Crippen molar-refractivity contribution in [2.45, 2.75) is 24.9 Å². The summed E-state index contributed by atoms with van der Waals surface area (Å²) in [6.45, 7) is 0.332. The van der Waals surface area contributed by atoms with E-state index in [2.05, 4.69) is 10.3 Å². The van der Waals surface area contributed by atoms with Crippen LogP contribution in [0.2, 0.25) is 0 Å². The van der Waals surface area contributed by atoms with Gasteiger partial charge in [-0.3, -0.25) is 4.99 Å². The van der Waals surface area contributed by atoms with Gasteiger partial charge in [-0.15, -0.1) is 0 Å². The molecule has 0 aromatic heterocycles. The quantitative estimate of drug-likeness (QED) is 0.559. The van der Waals surface area contributed by atoms with Crippen molar-refractivity contribution in [2.24, 2.45) is 10.7 Å². The van der Waals surface area contributed by atoms with Crippen molar-refractivity contribution in [3.8, 4) is 11.5 Å². The molecule has 0 unspecified atom stereocenters. The minimum absolute atomic E-state index is 0.276. The van der Waals surface area contributed by atoms with Crippen molar-refractivity contribution < 1.29 is 14.6 Å². The van der Waals surface area contributed by atoms with Crippen LogP contribution in [0.3, 0.4) is 0 Å². The minimum atomic E-state index is -0.663. The van der Waals surface area contributed by atoms with Crippen LogP contribution in [-0.2, 0) is 0 Å². The molecular formula is C14H21N3O3. The highest BCUT2D eigenvalue weighted by Crippen LogP contribution is 2.32. The fourth-order valence-electron chi connectivity index (χ4n) is 2.08. The van der Waals surface area contributed by atoms with E-state index in [-0.39, 0.29) is 5.96 Å². The molecule has 4 N–H and O–H groups in total. The molecule has 1 aromatic rings. The van der Waals surface area contributed by atoms with Crippen LogP contribution in [-0.4, -0.2) is 37.4 Å². The lowest BCUT2D eigenvalue weighted by atomic mass is 9.80. The largest absolute Gasteiger partial charge is 0.493 e. The number of nitrogens with two attached hydrogens (primary N) is 1. The molecule has 0 heterocycles. The van der Waals surface area contributed by atoms with Crippen molar-refractivity contribution in [3.63, 3.8) is 0 Å². The van der Waals surface area contributed by atoms with E-state index < -0.39 is 5.60 Å². The Hall–Kier alpha value is -1.95. The Kier molecular flexibility index (Phi) is 4.34. The van der Waals surface area contributed by atoms with Gasteiger partial charge >= 0.3 is 0 Å². The molecule has 1 aromatic carbocycles. The van der Waals surface area contributed by atoms with Crippen molar-refractivity contribution >= 4 is 11.6 Å². The summed E-state index contributed by atoms with van der Waals surface area (Å²) in [4.78, 5) is 4.17. The van der Waals surface area contributed by atoms with E-state index in [9.17, 15) is 5.11 Å². The number of nitrogens with one attached hydrogen (secondary N) is 1. The van der Waals surface area contributed by atoms with E-state index in [1.165, 1.54) is 0 Å². The number of ether oxygens (including phenoxy) is 2. The van der Waals surface area contributed by atoms with Gasteiger partial charge in [0.05, 0.1) is 26.4 Å². The van der Waals surface area contributed by atoms with Crippen LogP contribution in [0.4, 0.5) is 5.69 Å². The number of hydrogen-bond donors (Lipinski definition) is 3. The van der Waals surface area contributed by atoms with E-state index >= 15 is 0 Å². The van der Waals surface area contributed by atoms with Crippen LogP contribution in [0.15, 0.2) is 23.2 Å². The first-order valence-corrected chi connectivity index (χ1v) is 6.58. The summed E-state index contributed by atoms with van der Waals surface area (Å²) < 4.78 is 10.4. The second-order valence-electron chi connectivity index (χ2n) is 4.97. The second-order valence-corrected chi connectivity index (χ2v) is 4.97. The molecule has 0 bridgehead atoms. The summed E-state index contributed by atoms with van der Waals surface area (Å²) in [5.74, 6) is 1.54. The van der Waals surface area contributed by atoms with Gasteiger partial charge < -0.3 is 25.6 Å². The highest BCUT2D eigenvalue weighted by atomic mass is 16.5. The number of aliphatic hydroxyl groups is 1. The van der Waals surface area contributed by atoms with Crippen molar-refractivity contribution in [1.82, 2.24) is 0 Å². The molecule has 110 valence electrons. The summed E-state index contributed by atoms with van der Waals surface area (Å²) in [5, 5.41) is 12.9. The van der Waals surface area contributed by atoms with Crippen molar-refractivity contribution in [1.29, 1.82) is 0 Å². The first-order chi connectivity index (χ1) is 9.56. The van der Waals surface area contributed by atoms with Gasteiger partial charge in [-0.1, -0.05) is 0 Å². The molecular weight excluding hydrogens is 258 g/mol. The molecule has 0 radical (unpaired) electrons. The Bertz CT molecular complexity index is 498. The predicted octanol–water partition coefficient (Wildman–Crippen LogP) is 1.35. The average molecular weight is 279 g/mol. The van der Waals surface area contributed by atoms with Crippen LogP contribution >= 0.6 is 0 Å². The van der Waals surface area contributed by atoms with E-state index in [1.807, 2.05) is 6.07 Å². The van der Waals surface area contributed by atoms with E-state index in [0.29, 0.717) is 18.0 Å². The van der Waals surface area contributed by atoms with Crippen LogP contribution in [0.5, 0.6) is 11.5 Å². The third kappa shape index (κ3) is 3.33. The minimum Gasteiger partial charge on any atom is -0.493 e. The lowest BCUT2D eigenvalue weighted by molar-refractivity contribution is -0.0235. The molecule has 1 saturated carbocycles. The molecule has 1 aliphatic carbocycles. The highest BCUT2D eigenvalue weighted by molar-refractivity contribution is 5.92. The monoisotopic (exact) mass is 279 g/mol. The molecule has 0 saturated heterocycles. The molecule has 0 atom stereocenters. The maximum absolute atomic E-state index is 9.95. The number of guanidine groups is 1. The number of nitrogens with zero attached hydrogens (tertiary/aromatic N) is 1. The zero-order chi connectivity index (χ0) is 14.6. The van der Waals surface area contributed by atoms with Crippen LogP contribution in [0.1, 0.15) is 19.3 Å². The van der Waals surface area contributed by atoms with Gasteiger partial charge in [-0.25, -0.2) is 0 Å². The van der Waals surface area contributed by atoms with Gasteiger partial charge in [0.15, 0.2) is 17.5 Å². The Labute approximate surface area is 118 Å². The zero-order valence-electron chi connectivity index (χ0n) is 11.8. The van der Waals surface area contributed by atoms with Crippen molar-refractivity contribution in [2.75, 3.05) is 26.1 Å². The normalized spacial score (nSPS) is 17.2. The fraction of sp³-hybridized carbons (Fsp3) is 0.500. The van der Waals surface area contributed by atoms with Crippen LogP contribution in [0, 0.1) is 0 Å². The van der Waals surface area contributed by atoms with Gasteiger partial charge in [0.1, 0.15) is 0 Å². The Morgan fingerprint density at radius 3 is 2.60 bits per heavy atom. The fourth-order valence-corrected chi connectivity index (χ4v) is 2.08. The standard InChI is InChI=1S/C14H21N3O3/c1-19-11-5-4-10(8-12(11)20-2)17-13(15)16-9-14(18)6-3-7-14/h4-5,8,18H,3,6-7,9H2,1-2H3,(H3,15,16,17). The summed E-state index contributed by atoms with van der Waals surface area (Å²) in [5.41, 5.74) is 5.90. The molecule has 6 nitrogen and oxygen atoms in total. The van der Waals surface area contributed by atoms with Crippen LogP contribution < -0.4 is 20.5 Å². The maximum Gasteiger partial charge on any atom is 0.193 e. The first-order valence-electron chi connectivity index (χ1n) is 6.58. The maximum atomic E-state index is 9.95. The van der Waals surface area contributed by atoms with E-state index in [0.717, 1.165) is 24.9 Å². The Morgan fingerprint density at radius 1 is 1.35 bits per heavy atom. The topological polar surface area (TPSA) is 89.1 Å². The molecule has 20 heavy (non-hydrogen) atoms. The van der Waals surface area contributed by atoms with Crippen LogP contribution in [0.25, 0.3) is 0 Å². The summed E-state index contributed by atoms with van der Waals surface area (Å²) in [6.07, 6.45) is 2.63. The Balaban J connectivity index is 1.99. The lowest BCUT2D eigenvalue weighted by Crippen LogP contribution is -2.41. The van der Waals surface area contributed by atoms with Gasteiger partial charge in [0.25, 0.3) is 0 Å². The molecule has 1 fully saturated rings. The number of methoxy groups -OCH3 is 2. The third-order valence-electron chi connectivity index (χ3n) is 3.48. The predicted molar refractivity (Wildman–Crippen MR) is 78.5 cm³/mol. The third-order valence-corrected chi connectivity index (χ3v) is 3.48. The number of hydrogen-bond acceptors (Lipinski definition) is 4. The molecule has 0 spiro atoms. The van der Waals surface area contributed by atoms with E-state index in [4.69, 9.17) is 15.2 Å². The number of anilines is 1. The van der Waals surface area contributed by atoms with Gasteiger partial charge in [-0.2, -0.15) is 0 Å². The van der Waals surface area contributed by atoms with Crippen molar-refractivity contribution in [3.05, 3.63) is 18.2 Å². The molecule has 2 rings (SSSR count). The van der Waals surface area contributed by atoms with Gasteiger partial charge in [0, 0.05) is 11.8 Å². The smallest absolute Gasteiger partial charge is 0.193 e. The highest BCUT2D eigenvalue weighted by Gasteiger charge is 2.33. The number of benzene rings is 1. The van der Waals surface area contributed by atoms with E-state index in [1.54, 1.807) is 26.4 Å². The average Bonchev–Trinajstić information content (AvgIpc) is 2.43. The zero-order valence-corrected chi connectivity index (χ0v) is 11.8. The van der Waals surface area contributed by atoms with Gasteiger partial charge in [0.2, 0.25) is 0 Å². The summed E-state index contributed by atoms with van der Waals surface area (Å²) >= 11 is 0. The lowest BCUT2D eigenvalue weighted by Gasteiger charge is -2.34.